The molecule has 0 unspecified atom stereocenters. The molecule has 0 spiro atoms. The van der Waals surface area contributed by atoms with Gasteiger partial charge in [0, 0.05) is 6.54 Å². The van der Waals surface area contributed by atoms with E-state index in [1.54, 1.807) is 44.6 Å². The predicted molar refractivity (Wildman–Crippen MR) is 127 cm³/mol. The molecule has 0 saturated heterocycles. The van der Waals surface area contributed by atoms with E-state index >= 15 is 0 Å². The molecule has 10 heteroatoms. The van der Waals surface area contributed by atoms with Crippen LogP contribution >= 0.6 is 11.3 Å². The fourth-order valence-corrected chi connectivity index (χ4v) is 5.55. The fraction of sp³-hybridized carbons (Fsp3) is 0.364. The quantitative estimate of drug-likeness (QED) is 0.443. The average molecular weight is 478 g/mol. The maximum absolute atomic E-state index is 13.2. The van der Waals surface area contributed by atoms with Crippen LogP contribution in [-0.2, 0) is 14.6 Å². The molecule has 32 heavy (non-hydrogen) atoms. The van der Waals surface area contributed by atoms with Gasteiger partial charge < -0.3 is 14.4 Å². The number of hydrogen-bond acceptors (Lipinski definition) is 8. The van der Waals surface area contributed by atoms with Crippen molar-refractivity contribution in [2.75, 3.05) is 52.1 Å². The minimum atomic E-state index is -3.78. The molecule has 0 bridgehead atoms. The first kappa shape index (κ1) is 24.0. The zero-order valence-electron chi connectivity index (χ0n) is 18.6. The normalized spacial score (nSPS) is 11.7. The second kappa shape index (κ2) is 10.3. The molecule has 2 aromatic carbocycles. The van der Waals surface area contributed by atoms with E-state index in [1.165, 1.54) is 28.4 Å². The molecule has 0 saturated carbocycles. The van der Waals surface area contributed by atoms with E-state index in [9.17, 15) is 13.2 Å². The van der Waals surface area contributed by atoms with Crippen LogP contribution in [0.25, 0.3) is 10.2 Å². The lowest BCUT2D eigenvalue weighted by Gasteiger charge is -2.21. The molecule has 3 rings (SSSR count). The highest BCUT2D eigenvalue weighted by Gasteiger charge is 2.27. The van der Waals surface area contributed by atoms with Crippen LogP contribution in [0.2, 0.25) is 0 Å². The van der Waals surface area contributed by atoms with E-state index in [2.05, 4.69) is 4.98 Å². The van der Waals surface area contributed by atoms with Crippen molar-refractivity contribution in [1.82, 2.24) is 9.88 Å². The van der Waals surface area contributed by atoms with Gasteiger partial charge in [-0.05, 0) is 51.3 Å². The summed E-state index contributed by atoms with van der Waals surface area (Å²) >= 11 is 1.28. The summed E-state index contributed by atoms with van der Waals surface area (Å²) < 4.78 is 37.2. The van der Waals surface area contributed by atoms with E-state index in [0.29, 0.717) is 35.1 Å². The number of ether oxygens (including phenoxy) is 2. The third kappa shape index (κ3) is 5.37. The van der Waals surface area contributed by atoms with Crippen LogP contribution in [0.3, 0.4) is 0 Å². The van der Waals surface area contributed by atoms with Gasteiger partial charge in [0.1, 0.15) is 27.5 Å². The zero-order valence-corrected chi connectivity index (χ0v) is 20.2. The number of rotatable bonds is 10. The van der Waals surface area contributed by atoms with Crippen molar-refractivity contribution in [3.63, 3.8) is 0 Å². The summed E-state index contributed by atoms with van der Waals surface area (Å²) in [6, 6.07) is 11.5. The SMILES string of the molecule is COc1ccc(OC)c2sc(N(CCCN(C)C)C(=O)CS(=O)(=O)c3ccccc3)nc12. The Bertz CT molecular complexity index is 1140. The number of fused-ring (bicyclic) bond motifs is 1. The molecule has 0 aliphatic carbocycles. The van der Waals surface area contributed by atoms with Gasteiger partial charge >= 0.3 is 0 Å². The Morgan fingerprint density at radius 3 is 2.28 bits per heavy atom. The fourth-order valence-electron chi connectivity index (χ4n) is 3.21. The number of anilines is 1. The van der Waals surface area contributed by atoms with E-state index in [-0.39, 0.29) is 4.90 Å². The van der Waals surface area contributed by atoms with Crippen LogP contribution in [-0.4, -0.2) is 71.4 Å². The highest BCUT2D eigenvalue weighted by atomic mass is 32.2. The van der Waals surface area contributed by atoms with Gasteiger partial charge in [-0.2, -0.15) is 0 Å². The summed E-state index contributed by atoms with van der Waals surface area (Å²) in [5.41, 5.74) is 0.572. The van der Waals surface area contributed by atoms with Crippen molar-refractivity contribution in [3.05, 3.63) is 42.5 Å². The molecule has 0 N–H and O–H groups in total. The molecule has 8 nitrogen and oxygen atoms in total. The molecule has 0 fully saturated rings. The van der Waals surface area contributed by atoms with Gasteiger partial charge in [0.05, 0.1) is 19.1 Å². The number of methoxy groups -OCH3 is 2. The van der Waals surface area contributed by atoms with Crippen molar-refractivity contribution in [2.45, 2.75) is 11.3 Å². The van der Waals surface area contributed by atoms with Crippen LogP contribution < -0.4 is 14.4 Å². The lowest BCUT2D eigenvalue weighted by Crippen LogP contribution is -2.37. The maximum Gasteiger partial charge on any atom is 0.244 e. The first-order valence-electron chi connectivity index (χ1n) is 10.0. The number of nitrogens with zero attached hydrogens (tertiary/aromatic N) is 3. The van der Waals surface area contributed by atoms with Gasteiger partial charge in [-0.15, -0.1) is 0 Å². The molecule has 3 aromatic rings. The molecule has 0 aliphatic heterocycles. The molecule has 1 amide bonds. The number of benzene rings is 2. The first-order valence-corrected chi connectivity index (χ1v) is 12.5. The topological polar surface area (TPSA) is 89.0 Å². The number of aromatic nitrogens is 1. The second-order valence-electron chi connectivity index (χ2n) is 7.42. The lowest BCUT2D eigenvalue weighted by atomic mass is 10.3. The van der Waals surface area contributed by atoms with E-state index < -0.39 is 21.5 Å². The van der Waals surface area contributed by atoms with E-state index in [1.807, 2.05) is 19.0 Å². The summed E-state index contributed by atoms with van der Waals surface area (Å²) in [4.78, 5) is 21.4. The number of thiazole rings is 1. The minimum Gasteiger partial charge on any atom is -0.495 e. The van der Waals surface area contributed by atoms with Gasteiger partial charge in [-0.25, -0.2) is 13.4 Å². The smallest absolute Gasteiger partial charge is 0.244 e. The third-order valence-electron chi connectivity index (χ3n) is 4.83. The number of hydrogen-bond donors (Lipinski definition) is 0. The van der Waals surface area contributed by atoms with Gasteiger partial charge in [-0.1, -0.05) is 29.5 Å². The van der Waals surface area contributed by atoms with Crippen LogP contribution in [0.5, 0.6) is 11.5 Å². The molecule has 1 aromatic heterocycles. The van der Waals surface area contributed by atoms with E-state index in [4.69, 9.17) is 9.47 Å². The molecule has 1 heterocycles. The summed E-state index contributed by atoms with van der Waals surface area (Å²) in [6.45, 7) is 1.08. The summed E-state index contributed by atoms with van der Waals surface area (Å²) in [7, 11) is 3.21. The molecule has 172 valence electrons. The van der Waals surface area contributed by atoms with Crippen LogP contribution in [0.4, 0.5) is 5.13 Å². The standard InChI is InChI=1S/C22H27N3O5S2/c1-24(2)13-8-14-25(19(26)15-32(27,28)16-9-6-5-7-10-16)22-23-20-17(29-3)11-12-18(30-4)21(20)31-22/h5-7,9-12H,8,13-15H2,1-4H3. The highest BCUT2D eigenvalue weighted by molar-refractivity contribution is 7.92. The monoisotopic (exact) mass is 477 g/mol. The van der Waals surface area contributed by atoms with Crippen molar-refractivity contribution in [1.29, 1.82) is 0 Å². The number of sulfone groups is 1. The Balaban J connectivity index is 1.98. The maximum atomic E-state index is 13.2. The average Bonchev–Trinajstić information content (AvgIpc) is 3.21. The van der Waals surface area contributed by atoms with Crippen LogP contribution in [0, 0.1) is 0 Å². The Labute approximate surface area is 192 Å². The number of amides is 1. The predicted octanol–water partition coefficient (Wildman–Crippen LogP) is 3.07. The van der Waals surface area contributed by atoms with E-state index in [0.717, 1.165) is 11.2 Å². The molecular formula is C22H27N3O5S2. The van der Waals surface area contributed by atoms with Gasteiger partial charge in [-0.3, -0.25) is 9.69 Å². The van der Waals surface area contributed by atoms with Crippen molar-refractivity contribution >= 4 is 42.4 Å². The summed E-state index contributed by atoms with van der Waals surface area (Å²) in [6.07, 6.45) is 0.661. The zero-order chi connectivity index (χ0) is 23.3. The third-order valence-corrected chi connectivity index (χ3v) is 7.54. The van der Waals surface area contributed by atoms with Crippen molar-refractivity contribution in [3.8, 4) is 11.5 Å². The Morgan fingerprint density at radius 2 is 1.66 bits per heavy atom. The summed E-state index contributed by atoms with van der Waals surface area (Å²) in [5.74, 6) is 0.0102. The minimum absolute atomic E-state index is 0.120. The molecule has 0 atom stereocenters. The highest BCUT2D eigenvalue weighted by Crippen LogP contribution is 2.40. The molecule has 0 aliphatic rings. The Hall–Kier alpha value is -2.69. The van der Waals surface area contributed by atoms with Crippen molar-refractivity contribution < 1.29 is 22.7 Å². The largest absolute Gasteiger partial charge is 0.495 e. The number of carbonyl (C=O) groups excluding carboxylic acids is 1. The molecule has 0 radical (unpaired) electrons. The Kier molecular flexibility index (Phi) is 7.70. The van der Waals surface area contributed by atoms with Crippen molar-refractivity contribution in [2.24, 2.45) is 0 Å². The molecular weight excluding hydrogens is 450 g/mol. The number of carbonyl (C=O) groups is 1. The summed E-state index contributed by atoms with van der Waals surface area (Å²) in [5, 5.41) is 0.412. The Morgan fingerprint density at radius 1 is 1.00 bits per heavy atom. The van der Waals surface area contributed by atoms with Crippen LogP contribution in [0.15, 0.2) is 47.4 Å². The van der Waals surface area contributed by atoms with Gasteiger partial charge in [0.2, 0.25) is 5.91 Å². The lowest BCUT2D eigenvalue weighted by molar-refractivity contribution is -0.116. The van der Waals surface area contributed by atoms with Crippen LogP contribution in [0.1, 0.15) is 6.42 Å². The first-order chi connectivity index (χ1) is 15.3. The van der Waals surface area contributed by atoms with Gasteiger partial charge in [0.25, 0.3) is 0 Å². The van der Waals surface area contributed by atoms with Gasteiger partial charge in [0.15, 0.2) is 15.0 Å². The second-order valence-corrected chi connectivity index (χ2v) is 10.4.